The van der Waals surface area contributed by atoms with Crippen LogP contribution in [0.3, 0.4) is 0 Å². The Bertz CT molecular complexity index is 1120. The van der Waals surface area contributed by atoms with Crippen molar-refractivity contribution in [1.82, 2.24) is 10.6 Å². The second-order valence-electron chi connectivity index (χ2n) is 16.3. The molecule has 0 fully saturated rings. The Morgan fingerprint density at radius 2 is 1.04 bits per heavy atom. The summed E-state index contributed by atoms with van der Waals surface area (Å²) in [5.74, 6) is -1.79. The van der Waals surface area contributed by atoms with E-state index in [0.717, 1.165) is 44.1 Å². The smallest absolute Gasteiger partial charge is 0.407 e. The standard InChI is InChI=1S/C48H84N2O7/c1-3-5-7-9-11-13-15-17-19-21-23-25-30-36-43(57-46(52)38-31-26-24-22-20-18-16-14-12-10-8-6-4-2)40-45(51)50-44(47(53)54)37-32-33-39-49-48(55)56-41-42-34-28-27-29-35-42/h27-29,34-35,43-44H,3-26,30-33,36-41H2,1-2H3,(H,49,55)(H,50,51)(H,53,54)/t43?,44-/m0/s1. The Morgan fingerprint density at radius 1 is 0.579 bits per heavy atom. The molecule has 0 aliphatic rings. The van der Waals surface area contributed by atoms with Gasteiger partial charge in [0, 0.05) is 13.0 Å². The molecule has 57 heavy (non-hydrogen) atoms. The summed E-state index contributed by atoms with van der Waals surface area (Å²) in [4.78, 5) is 50.0. The molecule has 0 heterocycles. The highest BCUT2D eigenvalue weighted by molar-refractivity contribution is 5.84. The maximum Gasteiger partial charge on any atom is 0.407 e. The van der Waals surface area contributed by atoms with Gasteiger partial charge >= 0.3 is 18.0 Å². The van der Waals surface area contributed by atoms with Crippen molar-refractivity contribution in [1.29, 1.82) is 0 Å². The van der Waals surface area contributed by atoms with Gasteiger partial charge in [0.15, 0.2) is 0 Å². The van der Waals surface area contributed by atoms with Crippen LogP contribution in [0.2, 0.25) is 0 Å². The monoisotopic (exact) mass is 801 g/mol. The van der Waals surface area contributed by atoms with Crippen LogP contribution in [0.25, 0.3) is 0 Å². The summed E-state index contributed by atoms with van der Waals surface area (Å²) in [5.41, 5.74) is 0.892. The Labute approximate surface area is 348 Å². The number of amides is 2. The Hall–Kier alpha value is -3.10. The second-order valence-corrected chi connectivity index (χ2v) is 16.3. The number of benzene rings is 1. The van der Waals surface area contributed by atoms with Gasteiger partial charge in [0.2, 0.25) is 5.91 Å². The lowest BCUT2D eigenvalue weighted by Crippen LogP contribution is -2.42. The third-order valence-corrected chi connectivity index (χ3v) is 10.9. The number of alkyl carbamates (subject to hydrolysis) is 1. The van der Waals surface area contributed by atoms with Crippen LogP contribution in [0.5, 0.6) is 0 Å². The molecule has 1 aromatic rings. The van der Waals surface area contributed by atoms with E-state index in [-0.39, 0.29) is 25.4 Å². The van der Waals surface area contributed by atoms with Crippen molar-refractivity contribution in [3.05, 3.63) is 35.9 Å². The van der Waals surface area contributed by atoms with Crippen LogP contribution in [0.15, 0.2) is 30.3 Å². The highest BCUT2D eigenvalue weighted by Gasteiger charge is 2.23. The Kier molecular flexibility index (Phi) is 35.0. The zero-order chi connectivity index (χ0) is 41.4. The molecule has 9 heteroatoms. The summed E-state index contributed by atoms with van der Waals surface area (Å²) >= 11 is 0. The number of hydrogen-bond donors (Lipinski definition) is 3. The number of nitrogens with one attached hydrogen (secondary N) is 2. The molecule has 0 saturated heterocycles. The third-order valence-electron chi connectivity index (χ3n) is 10.9. The lowest BCUT2D eigenvalue weighted by molar-refractivity contribution is -0.151. The van der Waals surface area contributed by atoms with Gasteiger partial charge in [0.25, 0.3) is 0 Å². The summed E-state index contributed by atoms with van der Waals surface area (Å²) < 4.78 is 11.1. The number of rotatable bonds is 40. The summed E-state index contributed by atoms with van der Waals surface area (Å²) in [7, 11) is 0. The van der Waals surface area contributed by atoms with Crippen LogP contribution in [-0.2, 0) is 30.5 Å². The van der Waals surface area contributed by atoms with E-state index in [9.17, 15) is 24.3 Å². The fourth-order valence-electron chi connectivity index (χ4n) is 7.28. The molecule has 3 N–H and O–H groups in total. The van der Waals surface area contributed by atoms with Crippen molar-refractivity contribution in [2.45, 2.75) is 238 Å². The number of carboxylic acids is 1. The normalized spacial score (nSPS) is 12.2. The van der Waals surface area contributed by atoms with Gasteiger partial charge in [0.05, 0.1) is 6.42 Å². The first-order valence-corrected chi connectivity index (χ1v) is 23.5. The SMILES string of the molecule is CCCCCCCCCCCCCCCC(=O)OC(CCCCCCCCCCCCCCC)CC(=O)N[C@@H](CCCCNC(=O)OCc1ccccc1)C(=O)O. The van der Waals surface area contributed by atoms with E-state index in [1.54, 1.807) is 0 Å². The molecule has 0 aliphatic carbocycles. The van der Waals surface area contributed by atoms with E-state index in [4.69, 9.17) is 9.47 Å². The quantitative estimate of drug-likeness (QED) is 0.0445. The van der Waals surface area contributed by atoms with Crippen LogP contribution in [0, 0.1) is 0 Å². The molecular weight excluding hydrogens is 717 g/mol. The van der Waals surface area contributed by atoms with Crippen molar-refractivity contribution >= 4 is 23.9 Å². The Morgan fingerprint density at radius 3 is 1.53 bits per heavy atom. The number of carbonyl (C=O) groups excluding carboxylic acids is 3. The van der Waals surface area contributed by atoms with Gasteiger partial charge in [-0.3, -0.25) is 9.59 Å². The van der Waals surface area contributed by atoms with Gasteiger partial charge < -0.3 is 25.2 Å². The van der Waals surface area contributed by atoms with E-state index < -0.39 is 30.1 Å². The minimum atomic E-state index is -1.11. The molecule has 2 amide bonds. The molecule has 2 atom stereocenters. The molecule has 9 nitrogen and oxygen atoms in total. The van der Waals surface area contributed by atoms with Crippen LogP contribution in [0.1, 0.15) is 225 Å². The van der Waals surface area contributed by atoms with Gasteiger partial charge in [-0.1, -0.05) is 198 Å². The average Bonchev–Trinajstić information content (AvgIpc) is 3.20. The van der Waals surface area contributed by atoms with Crippen LogP contribution in [0.4, 0.5) is 4.79 Å². The van der Waals surface area contributed by atoms with Crippen LogP contribution >= 0.6 is 0 Å². The maximum absolute atomic E-state index is 13.1. The minimum Gasteiger partial charge on any atom is -0.480 e. The molecule has 0 aliphatic heterocycles. The van der Waals surface area contributed by atoms with E-state index >= 15 is 0 Å². The van der Waals surface area contributed by atoms with Crippen molar-refractivity contribution in [2.75, 3.05) is 6.54 Å². The molecule has 1 unspecified atom stereocenters. The van der Waals surface area contributed by atoms with Crippen molar-refractivity contribution in [3.8, 4) is 0 Å². The van der Waals surface area contributed by atoms with Crippen molar-refractivity contribution in [3.63, 3.8) is 0 Å². The van der Waals surface area contributed by atoms with Crippen LogP contribution in [-0.4, -0.2) is 47.7 Å². The molecule has 1 aromatic carbocycles. The zero-order valence-electron chi connectivity index (χ0n) is 36.5. The molecular formula is C48H84N2O7. The van der Waals surface area contributed by atoms with E-state index in [2.05, 4.69) is 24.5 Å². The van der Waals surface area contributed by atoms with E-state index in [1.807, 2.05) is 30.3 Å². The lowest BCUT2D eigenvalue weighted by Gasteiger charge is -2.20. The van der Waals surface area contributed by atoms with Crippen LogP contribution < -0.4 is 10.6 Å². The van der Waals surface area contributed by atoms with Crippen molar-refractivity contribution < 1.29 is 33.8 Å². The average molecular weight is 801 g/mol. The fourth-order valence-corrected chi connectivity index (χ4v) is 7.28. The molecule has 0 radical (unpaired) electrons. The Balaban J connectivity index is 2.42. The van der Waals surface area contributed by atoms with Gasteiger partial charge in [0.1, 0.15) is 18.8 Å². The number of carboxylic acid groups (broad SMARTS) is 1. The predicted molar refractivity (Wildman–Crippen MR) is 233 cm³/mol. The van der Waals surface area contributed by atoms with Gasteiger partial charge in [-0.05, 0) is 44.1 Å². The maximum atomic E-state index is 13.1. The van der Waals surface area contributed by atoms with Gasteiger partial charge in [-0.25, -0.2) is 9.59 Å². The van der Waals surface area contributed by atoms with Gasteiger partial charge in [-0.15, -0.1) is 0 Å². The summed E-state index contributed by atoms with van der Waals surface area (Å²) in [6.45, 7) is 5.02. The van der Waals surface area contributed by atoms with Gasteiger partial charge in [-0.2, -0.15) is 0 Å². The molecule has 0 saturated carbocycles. The second kappa shape index (κ2) is 38.4. The highest BCUT2D eigenvalue weighted by Crippen LogP contribution is 2.18. The lowest BCUT2D eigenvalue weighted by atomic mass is 10.0. The number of hydrogen-bond acceptors (Lipinski definition) is 6. The molecule has 328 valence electrons. The highest BCUT2D eigenvalue weighted by atomic mass is 16.5. The first-order valence-electron chi connectivity index (χ1n) is 23.5. The topological polar surface area (TPSA) is 131 Å². The fraction of sp³-hybridized carbons (Fsp3) is 0.792. The number of unbranched alkanes of at least 4 members (excludes halogenated alkanes) is 25. The first-order chi connectivity index (χ1) is 27.8. The number of aliphatic carboxylic acids is 1. The largest absolute Gasteiger partial charge is 0.480 e. The van der Waals surface area contributed by atoms with E-state index in [1.165, 1.54) is 128 Å². The van der Waals surface area contributed by atoms with E-state index in [0.29, 0.717) is 32.2 Å². The molecule has 0 spiro atoms. The zero-order valence-corrected chi connectivity index (χ0v) is 36.5. The summed E-state index contributed by atoms with van der Waals surface area (Å²) in [6.07, 6.45) is 33.3. The first kappa shape index (κ1) is 51.9. The predicted octanol–water partition coefficient (Wildman–Crippen LogP) is 12.9. The number of esters is 1. The molecule has 0 aromatic heterocycles. The minimum absolute atomic E-state index is 0.0405. The summed E-state index contributed by atoms with van der Waals surface area (Å²) in [6, 6.07) is 8.35. The number of ether oxygens (including phenoxy) is 2. The summed E-state index contributed by atoms with van der Waals surface area (Å²) in [5, 5.41) is 15.2. The number of carbonyl (C=O) groups is 4. The molecule has 0 bridgehead atoms. The molecule has 1 rings (SSSR count). The third kappa shape index (κ3) is 33.6. The van der Waals surface area contributed by atoms with Crippen molar-refractivity contribution in [2.24, 2.45) is 0 Å².